The molecule has 0 bridgehead atoms. The predicted octanol–water partition coefficient (Wildman–Crippen LogP) is 2.81. The van der Waals surface area contributed by atoms with Crippen LogP contribution < -0.4 is 5.73 Å². The van der Waals surface area contributed by atoms with E-state index in [2.05, 4.69) is 47.3 Å². The highest BCUT2D eigenvalue weighted by Crippen LogP contribution is 2.28. The third-order valence-electron chi connectivity index (χ3n) is 5.15. The molecule has 5 heteroatoms. The fraction of sp³-hybridized carbons (Fsp3) is 0.500. The lowest BCUT2D eigenvalue weighted by Gasteiger charge is -2.32. The van der Waals surface area contributed by atoms with E-state index in [1.165, 1.54) is 17.7 Å². The van der Waals surface area contributed by atoms with Gasteiger partial charge in [0.2, 0.25) is 0 Å². The highest BCUT2D eigenvalue weighted by molar-refractivity contribution is 5.90. The number of hydrogen-bond donors (Lipinski definition) is 1. The molecule has 0 spiro atoms. The lowest BCUT2D eigenvalue weighted by atomic mass is 9.93. The molecule has 0 aliphatic carbocycles. The van der Waals surface area contributed by atoms with E-state index in [-0.39, 0.29) is 0 Å². The molecule has 25 heavy (non-hydrogen) atoms. The number of aromatic nitrogens is 2. The van der Waals surface area contributed by atoms with Gasteiger partial charge >= 0.3 is 0 Å². The Morgan fingerprint density at radius 1 is 1.24 bits per heavy atom. The summed E-state index contributed by atoms with van der Waals surface area (Å²) in [7, 11) is 0. The number of carbonyl (C=O) groups excluding carboxylic acids is 1. The Hall–Kier alpha value is -2.14. The molecule has 0 atom stereocenters. The summed E-state index contributed by atoms with van der Waals surface area (Å²) in [4.78, 5) is 13.9. The highest BCUT2D eigenvalue weighted by Gasteiger charge is 2.24. The molecule has 1 saturated heterocycles. The van der Waals surface area contributed by atoms with E-state index in [9.17, 15) is 4.79 Å². The molecule has 1 fully saturated rings. The van der Waals surface area contributed by atoms with E-state index in [1.807, 2.05) is 10.7 Å². The lowest BCUT2D eigenvalue weighted by molar-refractivity contribution is 0.0995. The molecule has 1 amide bonds. The maximum Gasteiger partial charge on any atom is 0.269 e. The Bertz CT molecular complexity index is 687. The summed E-state index contributed by atoms with van der Waals surface area (Å²) in [6.07, 6.45) is 4.59. The summed E-state index contributed by atoms with van der Waals surface area (Å²) in [5, 5.41) is 4.33. The van der Waals surface area contributed by atoms with Crippen molar-refractivity contribution in [3.63, 3.8) is 0 Å². The van der Waals surface area contributed by atoms with E-state index < -0.39 is 5.91 Å². The molecular formula is C20H28N4O. The minimum Gasteiger partial charge on any atom is -0.364 e. The number of hydrogen-bond acceptors (Lipinski definition) is 3. The molecule has 5 nitrogen and oxygen atoms in total. The van der Waals surface area contributed by atoms with Gasteiger partial charge in [-0.1, -0.05) is 30.3 Å². The SMILES string of the molecule is CCn1nc(C(N)=O)cc1C1CCN(CCCc2ccccc2)CC1. The van der Waals surface area contributed by atoms with Crippen molar-refractivity contribution >= 4 is 5.91 Å². The minimum absolute atomic E-state index is 0.391. The largest absolute Gasteiger partial charge is 0.364 e. The van der Waals surface area contributed by atoms with Gasteiger partial charge in [-0.25, -0.2) is 0 Å². The van der Waals surface area contributed by atoms with Crippen LogP contribution in [0.1, 0.15) is 53.8 Å². The number of nitrogens with zero attached hydrogens (tertiary/aromatic N) is 3. The van der Waals surface area contributed by atoms with Crippen molar-refractivity contribution in [2.45, 2.75) is 45.1 Å². The van der Waals surface area contributed by atoms with E-state index in [1.54, 1.807) is 0 Å². The first-order valence-electron chi connectivity index (χ1n) is 9.31. The van der Waals surface area contributed by atoms with Crippen LogP contribution in [0, 0.1) is 0 Å². The molecule has 2 N–H and O–H groups in total. The van der Waals surface area contributed by atoms with Gasteiger partial charge in [-0.3, -0.25) is 9.48 Å². The summed E-state index contributed by atoms with van der Waals surface area (Å²) in [5.74, 6) is 0.0396. The van der Waals surface area contributed by atoms with Crippen molar-refractivity contribution in [1.82, 2.24) is 14.7 Å². The molecule has 1 aromatic carbocycles. The van der Waals surface area contributed by atoms with Crippen LogP contribution in [0.25, 0.3) is 0 Å². The van der Waals surface area contributed by atoms with Gasteiger partial charge in [0, 0.05) is 18.2 Å². The van der Waals surface area contributed by atoms with Crippen LogP contribution in [-0.2, 0) is 13.0 Å². The number of aryl methyl sites for hydroxylation is 2. The molecule has 2 aromatic rings. The lowest BCUT2D eigenvalue weighted by Crippen LogP contribution is -2.34. The third kappa shape index (κ3) is 4.48. The van der Waals surface area contributed by atoms with E-state index in [4.69, 9.17) is 5.73 Å². The van der Waals surface area contributed by atoms with Gasteiger partial charge in [-0.15, -0.1) is 0 Å². The van der Waals surface area contributed by atoms with Crippen LogP contribution in [0.3, 0.4) is 0 Å². The van der Waals surface area contributed by atoms with Crippen molar-refractivity contribution in [3.8, 4) is 0 Å². The molecule has 134 valence electrons. The molecule has 1 aliphatic heterocycles. The van der Waals surface area contributed by atoms with Gasteiger partial charge in [-0.2, -0.15) is 5.10 Å². The summed E-state index contributed by atoms with van der Waals surface area (Å²) in [6, 6.07) is 12.6. The Labute approximate surface area is 149 Å². The predicted molar refractivity (Wildman–Crippen MR) is 99.6 cm³/mol. The fourth-order valence-corrected chi connectivity index (χ4v) is 3.74. The van der Waals surface area contributed by atoms with E-state index in [0.717, 1.165) is 45.4 Å². The molecule has 1 aliphatic rings. The van der Waals surface area contributed by atoms with Gasteiger partial charge in [-0.05, 0) is 63.9 Å². The van der Waals surface area contributed by atoms with Gasteiger partial charge in [0.15, 0.2) is 0 Å². The molecule has 0 radical (unpaired) electrons. The Kier molecular flexibility index (Phi) is 5.87. The van der Waals surface area contributed by atoms with Crippen molar-refractivity contribution < 1.29 is 4.79 Å². The third-order valence-corrected chi connectivity index (χ3v) is 5.15. The molecule has 2 heterocycles. The van der Waals surface area contributed by atoms with Crippen LogP contribution in [0.5, 0.6) is 0 Å². The standard InChI is InChI=1S/C20H28N4O/c1-2-24-19(15-18(22-24)20(21)25)17-10-13-23(14-11-17)12-6-9-16-7-4-3-5-8-16/h3-5,7-8,15,17H,2,6,9-14H2,1H3,(H2,21,25). The van der Waals surface area contributed by atoms with Crippen LogP contribution in [0.15, 0.2) is 36.4 Å². The average Bonchev–Trinajstić information content (AvgIpc) is 3.08. The van der Waals surface area contributed by atoms with Gasteiger partial charge < -0.3 is 10.6 Å². The number of nitrogens with two attached hydrogens (primary N) is 1. The Morgan fingerprint density at radius 3 is 2.60 bits per heavy atom. The number of primary amides is 1. The number of rotatable bonds is 7. The quantitative estimate of drug-likeness (QED) is 0.843. The van der Waals surface area contributed by atoms with Crippen LogP contribution >= 0.6 is 0 Å². The molecule has 0 unspecified atom stereocenters. The van der Waals surface area contributed by atoms with Gasteiger partial charge in [0.05, 0.1) is 0 Å². The summed E-state index contributed by atoms with van der Waals surface area (Å²) in [5.41, 5.74) is 8.36. The zero-order chi connectivity index (χ0) is 17.6. The van der Waals surface area contributed by atoms with Crippen molar-refractivity contribution in [3.05, 3.63) is 53.3 Å². The molecular weight excluding hydrogens is 312 g/mol. The Balaban J connectivity index is 1.49. The van der Waals surface area contributed by atoms with Crippen molar-refractivity contribution in [2.24, 2.45) is 5.73 Å². The molecule has 1 aromatic heterocycles. The van der Waals surface area contributed by atoms with Crippen LogP contribution in [-0.4, -0.2) is 40.2 Å². The second-order valence-corrected chi connectivity index (χ2v) is 6.84. The van der Waals surface area contributed by atoms with Crippen LogP contribution in [0.4, 0.5) is 0 Å². The number of benzene rings is 1. The first-order chi connectivity index (χ1) is 12.2. The van der Waals surface area contributed by atoms with E-state index in [0.29, 0.717) is 11.6 Å². The first-order valence-corrected chi connectivity index (χ1v) is 9.31. The maximum atomic E-state index is 11.4. The first kappa shape index (κ1) is 17.7. The summed E-state index contributed by atoms with van der Waals surface area (Å²) < 4.78 is 1.94. The average molecular weight is 340 g/mol. The zero-order valence-corrected chi connectivity index (χ0v) is 15.0. The van der Waals surface area contributed by atoms with Crippen LogP contribution in [0.2, 0.25) is 0 Å². The Morgan fingerprint density at radius 2 is 1.96 bits per heavy atom. The van der Waals surface area contributed by atoms with Crippen molar-refractivity contribution in [1.29, 1.82) is 0 Å². The fourth-order valence-electron chi connectivity index (χ4n) is 3.74. The number of likely N-dealkylation sites (tertiary alicyclic amines) is 1. The summed E-state index contributed by atoms with van der Waals surface area (Å²) in [6.45, 7) is 6.21. The van der Waals surface area contributed by atoms with Gasteiger partial charge in [0.25, 0.3) is 5.91 Å². The molecule has 0 saturated carbocycles. The highest BCUT2D eigenvalue weighted by atomic mass is 16.1. The smallest absolute Gasteiger partial charge is 0.269 e. The number of carbonyl (C=O) groups is 1. The maximum absolute atomic E-state index is 11.4. The number of amides is 1. The summed E-state index contributed by atoms with van der Waals surface area (Å²) >= 11 is 0. The normalized spacial score (nSPS) is 16.2. The van der Waals surface area contributed by atoms with Gasteiger partial charge in [0.1, 0.15) is 5.69 Å². The zero-order valence-electron chi connectivity index (χ0n) is 15.0. The monoisotopic (exact) mass is 340 g/mol. The minimum atomic E-state index is -0.438. The van der Waals surface area contributed by atoms with Crippen molar-refractivity contribution in [2.75, 3.05) is 19.6 Å². The molecule has 3 rings (SSSR count). The second kappa shape index (κ2) is 8.30. The second-order valence-electron chi connectivity index (χ2n) is 6.84. The number of piperidine rings is 1. The van der Waals surface area contributed by atoms with E-state index >= 15 is 0 Å². The topological polar surface area (TPSA) is 64.2 Å².